The van der Waals surface area contributed by atoms with E-state index in [0.29, 0.717) is 15.8 Å². The van der Waals surface area contributed by atoms with E-state index in [-0.39, 0.29) is 5.91 Å². The Hall–Kier alpha value is -1.66. The van der Waals surface area contributed by atoms with Crippen LogP contribution in [0.15, 0.2) is 24.5 Å². The lowest BCUT2D eigenvalue weighted by Crippen LogP contribution is -2.11. The quantitative estimate of drug-likeness (QED) is 0.897. The first-order valence-electron chi connectivity index (χ1n) is 4.76. The van der Waals surface area contributed by atoms with E-state index in [2.05, 4.69) is 20.6 Å². The van der Waals surface area contributed by atoms with Gasteiger partial charge in [0, 0.05) is 25.0 Å². The minimum atomic E-state index is -0.236. The first-order chi connectivity index (χ1) is 8.20. The Labute approximate surface area is 107 Å². The molecule has 0 saturated carbocycles. The zero-order valence-corrected chi connectivity index (χ0v) is 10.5. The van der Waals surface area contributed by atoms with Gasteiger partial charge in [0.1, 0.15) is 5.00 Å². The van der Waals surface area contributed by atoms with Crippen molar-refractivity contribution in [2.45, 2.75) is 0 Å². The molecule has 0 aromatic carbocycles. The van der Waals surface area contributed by atoms with E-state index in [0.717, 1.165) is 5.00 Å². The second-order valence-corrected chi connectivity index (χ2v) is 4.44. The molecule has 2 rings (SSSR count). The van der Waals surface area contributed by atoms with E-state index in [1.807, 2.05) is 0 Å². The van der Waals surface area contributed by atoms with Crippen LogP contribution in [-0.4, -0.2) is 22.9 Å². The van der Waals surface area contributed by atoms with Crippen LogP contribution in [0.5, 0.6) is 0 Å². The Bertz CT molecular complexity index is 528. The van der Waals surface area contributed by atoms with Gasteiger partial charge in [0.25, 0.3) is 5.91 Å². The smallest absolute Gasteiger partial charge is 0.257 e. The van der Waals surface area contributed by atoms with Crippen LogP contribution >= 0.6 is 22.9 Å². The molecule has 0 spiro atoms. The summed E-state index contributed by atoms with van der Waals surface area (Å²) < 4.78 is 0. The number of pyridine rings is 1. The molecule has 17 heavy (non-hydrogen) atoms. The third-order valence-electron chi connectivity index (χ3n) is 1.98. The molecule has 2 N–H and O–H groups in total. The molecule has 0 radical (unpaired) electrons. The molecular weight excluding hydrogens is 260 g/mol. The summed E-state index contributed by atoms with van der Waals surface area (Å²) >= 11 is 7.13. The number of halogens is 1. The van der Waals surface area contributed by atoms with Crippen molar-refractivity contribution >= 4 is 39.0 Å². The fourth-order valence-electron chi connectivity index (χ4n) is 1.18. The van der Waals surface area contributed by atoms with E-state index in [9.17, 15) is 4.79 Å². The zero-order valence-electron chi connectivity index (χ0n) is 8.90. The van der Waals surface area contributed by atoms with Gasteiger partial charge in [-0.2, -0.15) is 0 Å². The molecule has 0 fully saturated rings. The van der Waals surface area contributed by atoms with Gasteiger partial charge in [-0.3, -0.25) is 15.1 Å². The van der Waals surface area contributed by atoms with Gasteiger partial charge >= 0.3 is 0 Å². The van der Waals surface area contributed by atoms with Gasteiger partial charge in [-0.25, -0.2) is 4.98 Å². The van der Waals surface area contributed by atoms with Crippen LogP contribution in [0.2, 0.25) is 5.15 Å². The maximum atomic E-state index is 11.8. The monoisotopic (exact) mass is 268 g/mol. The summed E-state index contributed by atoms with van der Waals surface area (Å²) in [7, 11) is 1.74. The SMILES string of the molecule is CNc1sc(NC(=O)c2ccncc2)nc1Cl. The molecule has 0 unspecified atom stereocenters. The highest BCUT2D eigenvalue weighted by atomic mass is 35.5. The molecule has 7 heteroatoms. The number of thiazole rings is 1. The fourth-order valence-corrected chi connectivity index (χ4v) is 2.23. The first kappa shape index (κ1) is 11.8. The van der Waals surface area contributed by atoms with Crippen molar-refractivity contribution < 1.29 is 4.79 Å². The van der Waals surface area contributed by atoms with Crippen molar-refractivity contribution in [3.8, 4) is 0 Å². The summed E-state index contributed by atoms with van der Waals surface area (Å²) in [6, 6.07) is 3.26. The van der Waals surface area contributed by atoms with Crippen LogP contribution in [0.25, 0.3) is 0 Å². The first-order valence-corrected chi connectivity index (χ1v) is 5.95. The largest absolute Gasteiger partial charge is 0.377 e. The van der Waals surface area contributed by atoms with Gasteiger partial charge in [-0.15, -0.1) is 0 Å². The van der Waals surface area contributed by atoms with Crippen molar-refractivity contribution in [1.29, 1.82) is 0 Å². The van der Waals surface area contributed by atoms with Crippen LogP contribution in [-0.2, 0) is 0 Å². The molecule has 0 aliphatic rings. The molecule has 0 bridgehead atoms. The number of anilines is 2. The minimum absolute atomic E-state index is 0.236. The topological polar surface area (TPSA) is 66.9 Å². The number of aromatic nitrogens is 2. The van der Waals surface area contributed by atoms with E-state index in [1.165, 1.54) is 11.3 Å². The summed E-state index contributed by atoms with van der Waals surface area (Å²) in [5, 5.41) is 7.09. The minimum Gasteiger partial charge on any atom is -0.377 e. The normalized spacial score (nSPS) is 10.0. The fraction of sp³-hybridized carbons (Fsp3) is 0.100. The number of hydrogen-bond donors (Lipinski definition) is 2. The van der Waals surface area contributed by atoms with Crippen molar-refractivity contribution in [3.63, 3.8) is 0 Å². The van der Waals surface area contributed by atoms with Crippen LogP contribution in [0.1, 0.15) is 10.4 Å². The molecule has 0 saturated heterocycles. The lowest BCUT2D eigenvalue weighted by Gasteiger charge is -1.99. The Kier molecular flexibility index (Phi) is 3.55. The highest BCUT2D eigenvalue weighted by Crippen LogP contribution is 2.31. The second kappa shape index (κ2) is 5.11. The number of rotatable bonds is 3. The molecule has 1 amide bonds. The van der Waals surface area contributed by atoms with Crippen molar-refractivity contribution in [2.24, 2.45) is 0 Å². The predicted octanol–water partition coefficient (Wildman–Crippen LogP) is 2.49. The number of amides is 1. The molecule has 88 valence electrons. The molecule has 2 aromatic rings. The molecule has 0 atom stereocenters. The van der Waals surface area contributed by atoms with Gasteiger partial charge in [-0.05, 0) is 12.1 Å². The Morgan fingerprint density at radius 2 is 2.12 bits per heavy atom. The van der Waals surface area contributed by atoms with Crippen LogP contribution in [0.3, 0.4) is 0 Å². The molecule has 2 aromatic heterocycles. The third-order valence-corrected chi connectivity index (χ3v) is 3.35. The van der Waals surface area contributed by atoms with Gasteiger partial charge in [0.2, 0.25) is 0 Å². The van der Waals surface area contributed by atoms with Crippen molar-refractivity contribution in [2.75, 3.05) is 17.7 Å². The molecular formula is C10H9ClN4OS. The van der Waals surface area contributed by atoms with Crippen LogP contribution in [0.4, 0.5) is 10.1 Å². The van der Waals surface area contributed by atoms with Crippen LogP contribution < -0.4 is 10.6 Å². The number of hydrogen-bond acceptors (Lipinski definition) is 5. The van der Waals surface area contributed by atoms with E-state index in [4.69, 9.17) is 11.6 Å². The summed E-state index contributed by atoms with van der Waals surface area (Å²) in [5.41, 5.74) is 0.525. The number of nitrogens with one attached hydrogen (secondary N) is 2. The lowest BCUT2D eigenvalue weighted by molar-refractivity contribution is 0.102. The average molecular weight is 269 g/mol. The molecule has 2 heterocycles. The lowest BCUT2D eigenvalue weighted by atomic mass is 10.2. The Morgan fingerprint density at radius 3 is 2.71 bits per heavy atom. The number of nitrogens with zero attached hydrogens (tertiary/aromatic N) is 2. The average Bonchev–Trinajstić information content (AvgIpc) is 2.70. The predicted molar refractivity (Wildman–Crippen MR) is 68.9 cm³/mol. The Balaban J connectivity index is 2.13. The van der Waals surface area contributed by atoms with Gasteiger partial charge in [-0.1, -0.05) is 22.9 Å². The Morgan fingerprint density at radius 1 is 1.41 bits per heavy atom. The molecule has 0 aliphatic heterocycles. The van der Waals surface area contributed by atoms with Gasteiger partial charge < -0.3 is 5.32 Å². The van der Waals surface area contributed by atoms with Crippen LogP contribution in [0, 0.1) is 0 Å². The summed E-state index contributed by atoms with van der Waals surface area (Å²) in [4.78, 5) is 19.7. The maximum absolute atomic E-state index is 11.8. The zero-order chi connectivity index (χ0) is 12.3. The van der Waals surface area contributed by atoms with E-state index >= 15 is 0 Å². The number of carbonyl (C=O) groups excluding carboxylic acids is 1. The van der Waals surface area contributed by atoms with Gasteiger partial charge in [0.15, 0.2) is 10.3 Å². The van der Waals surface area contributed by atoms with Gasteiger partial charge in [0.05, 0.1) is 0 Å². The van der Waals surface area contributed by atoms with E-state index in [1.54, 1.807) is 31.6 Å². The summed E-state index contributed by atoms with van der Waals surface area (Å²) in [6.07, 6.45) is 3.12. The molecule has 0 aliphatic carbocycles. The summed E-state index contributed by atoms with van der Waals surface area (Å²) in [5.74, 6) is -0.236. The number of carbonyl (C=O) groups is 1. The highest BCUT2D eigenvalue weighted by Gasteiger charge is 2.11. The summed E-state index contributed by atoms with van der Waals surface area (Å²) in [6.45, 7) is 0. The second-order valence-electron chi connectivity index (χ2n) is 3.08. The van der Waals surface area contributed by atoms with Crippen molar-refractivity contribution in [3.05, 3.63) is 35.2 Å². The maximum Gasteiger partial charge on any atom is 0.257 e. The van der Waals surface area contributed by atoms with Crippen molar-refractivity contribution in [1.82, 2.24) is 9.97 Å². The standard InChI is InChI=1S/C10H9ClN4OS/c1-12-9-7(11)14-10(17-9)15-8(16)6-2-4-13-5-3-6/h2-5,12H,1H3,(H,14,15,16). The third kappa shape index (κ3) is 2.72. The highest BCUT2D eigenvalue weighted by molar-refractivity contribution is 7.20. The molecule has 5 nitrogen and oxygen atoms in total. The van der Waals surface area contributed by atoms with E-state index < -0.39 is 0 Å².